The molecule has 0 saturated carbocycles. The van der Waals surface area contributed by atoms with Crippen molar-refractivity contribution in [1.29, 1.82) is 0 Å². The number of aliphatic imine (C=N–C) groups is 1. The highest BCUT2D eigenvalue weighted by Crippen LogP contribution is 2.38. The molecule has 3 nitrogen and oxygen atoms in total. The average molecular weight is 356 g/mol. The minimum Gasteiger partial charge on any atom is -0.297 e. The normalized spacial score (nSPS) is 13.2. The summed E-state index contributed by atoms with van der Waals surface area (Å²) in [7, 11) is 0. The van der Waals surface area contributed by atoms with E-state index >= 15 is 0 Å². The van der Waals surface area contributed by atoms with Gasteiger partial charge >= 0.3 is 6.18 Å². The summed E-state index contributed by atoms with van der Waals surface area (Å²) in [6.45, 7) is 8.30. The molecule has 0 aromatic heterocycles. The molecule has 0 saturated heterocycles. The number of amidine groups is 1. The molecule has 0 unspecified atom stereocenters. The van der Waals surface area contributed by atoms with Gasteiger partial charge in [0.05, 0.1) is 21.3 Å². The first kappa shape index (κ1) is 18.9. The molecule has 1 rings (SSSR count). The molecule has 22 heavy (non-hydrogen) atoms. The molecule has 0 bridgehead atoms. The minimum atomic E-state index is -4.50. The third-order valence-electron chi connectivity index (χ3n) is 2.70. The van der Waals surface area contributed by atoms with Crippen molar-refractivity contribution in [3.63, 3.8) is 0 Å². The molecule has 0 amide bonds. The van der Waals surface area contributed by atoms with Crippen molar-refractivity contribution in [2.75, 3.05) is 12.0 Å². The van der Waals surface area contributed by atoms with Gasteiger partial charge in [-0.05, 0) is 19.1 Å². The van der Waals surface area contributed by atoms with Crippen LogP contribution < -0.4 is 10.9 Å². The van der Waals surface area contributed by atoms with E-state index in [0.29, 0.717) is 12.4 Å². The zero-order valence-corrected chi connectivity index (χ0v) is 14.2. The van der Waals surface area contributed by atoms with Gasteiger partial charge in [-0.1, -0.05) is 44.0 Å². The van der Waals surface area contributed by atoms with Crippen molar-refractivity contribution in [2.45, 2.75) is 33.9 Å². The van der Waals surface area contributed by atoms with Crippen LogP contribution in [0.25, 0.3) is 0 Å². The number of alkyl halides is 3. The molecule has 0 aliphatic carbocycles. The van der Waals surface area contributed by atoms with Gasteiger partial charge in [-0.3, -0.25) is 15.8 Å². The summed E-state index contributed by atoms with van der Waals surface area (Å²) in [6.07, 6.45) is -4.50. The summed E-state index contributed by atoms with van der Waals surface area (Å²) in [5.41, 5.74) is 4.61. The van der Waals surface area contributed by atoms with Gasteiger partial charge in [0.2, 0.25) is 0 Å². The fourth-order valence-corrected chi connectivity index (χ4v) is 2.18. The Kier molecular flexibility index (Phi) is 5.98. The molecule has 124 valence electrons. The predicted molar refractivity (Wildman–Crippen MR) is 85.7 cm³/mol. The standard InChI is InChI=1S/C14H18Cl2F3N3/c1-5-20-12(13(2,3)4)22-21-11-9(15)6-8(7-10(11)16)14(17,18)19/h6-7,21H,5H2,1-4H3,(H,20,22). The van der Waals surface area contributed by atoms with E-state index in [2.05, 4.69) is 15.8 Å². The van der Waals surface area contributed by atoms with Crippen molar-refractivity contribution >= 4 is 34.7 Å². The molecule has 0 heterocycles. The second-order valence-electron chi connectivity index (χ2n) is 5.64. The number of nitrogens with one attached hydrogen (secondary N) is 2. The van der Waals surface area contributed by atoms with Gasteiger partial charge in [0.15, 0.2) is 0 Å². The number of benzene rings is 1. The van der Waals surface area contributed by atoms with Crippen molar-refractivity contribution < 1.29 is 13.2 Å². The van der Waals surface area contributed by atoms with Crippen molar-refractivity contribution in [2.24, 2.45) is 10.4 Å². The minimum absolute atomic E-state index is 0.128. The second-order valence-corrected chi connectivity index (χ2v) is 6.45. The number of rotatable bonds is 3. The fraction of sp³-hybridized carbons (Fsp3) is 0.500. The largest absolute Gasteiger partial charge is 0.416 e. The van der Waals surface area contributed by atoms with Crippen LogP contribution in [0.1, 0.15) is 33.3 Å². The van der Waals surface area contributed by atoms with Crippen LogP contribution in [0.2, 0.25) is 10.0 Å². The van der Waals surface area contributed by atoms with E-state index < -0.39 is 11.7 Å². The van der Waals surface area contributed by atoms with Crippen molar-refractivity contribution in [3.8, 4) is 0 Å². The number of halogens is 5. The van der Waals surface area contributed by atoms with E-state index in [1.807, 2.05) is 27.7 Å². The van der Waals surface area contributed by atoms with E-state index in [4.69, 9.17) is 23.2 Å². The quantitative estimate of drug-likeness (QED) is 0.433. The number of anilines is 1. The smallest absolute Gasteiger partial charge is 0.297 e. The molecule has 0 fully saturated rings. The molecule has 0 aliphatic heterocycles. The van der Waals surface area contributed by atoms with Gasteiger partial charge in [-0.15, -0.1) is 0 Å². The zero-order chi connectivity index (χ0) is 17.1. The Balaban J connectivity index is 3.03. The molecule has 2 N–H and O–H groups in total. The summed E-state index contributed by atoms with van der Waals surface area (Å²) in [5.74, 6) is 0.641. The van der Waals surface area contributed by atoms with Crippen LogP contribution in [0.3, 0.4) is 0 Å². The van der Waals surface area contributed by atoms with Gasteiger partial charge in [0.1, 0.15) is 5.84 Å². The Labute approximate surface area is 137 Å². The number of hydrogen-bond acceptors (Lipinski definition) is 2. The summed E-state index contributed by atoms with van der Waals surface area (Å²) < 4.78 is 38.0. The Bertz CT molecular complexity index is 540. The molecule has 0 spiro atoms. The topological polar surface area (TPSA) is 36.4 Å². The molecule has 1 aromatic carbocycles. The van der Waals surface area contributed by atoms with E-state index in [0.717, 1.165) is 12.1 Å². The van der Waals surface area contributed by atoms with E-state index in [9.17, 15) is 13.2 Å². The van der Waals surface area contributed by atoms with Gasteiger partial charge in [0.25, 0.3) is 0 Å². The summed E-state index contributed by atoms with van der Waals surface area (Å²) >= 11 is 11.8. The predicted octanol–water partition coefficient (Wildman–Crippen LogP) is 5.39. The summed E-state index contributed by atoms with van der Waals surface area (Å²) in [4.78, 5) is 4.30. The molecule has 1 aromatic rings. The van der Waals surface area contributed by atoms with Gasteiger partial charge in [0, 0.05) is 12.0 Å². The number of nitrogens with zero attached hydrogens (tertiary/aromatic N) is 1. The molecule has 0 aliphatic rings. The first-order chi connectivity index (χ1) is 9.96. The first-order valence-corrected chi connectivity index (χ1v) is 7.35. The molecule has 0 radical (unpaired) electrons. The molecule has 8 heteroatoms. The van der Waals surface area contributed by atoms with Crippen molar-refractivity contribution in [3.05, 3.63) is 27.7 Å². The van der Waals surface area contributed by atoms with Crippen molar-refractivity contribution in [1.82, 2.24) is 5.43 Å². The lowest BCUT2D eigenvalue weighted by molar-refractivity contribution is -0.137. The first-order valence-electron chi connectivity index (χ1n) is 6.60. The lowest BCUT2D eigenvalue weighted by Crippen LogP contribution is -2.39. The number of hydrogen-bond donors (Lipinski definition) is 2. The fourth-order valence-electron chi connectivity index (χ4n) is 1.60. The Morgan fingerprint density at radius 2 is 1.64 bits per heavy atom. The van der Waals surface area contributed by atoms with Crippen LogP contribution in [0.4, 0.5) is 18.9 Å². The van der Waals surface area contributed by atoms with Crippen LogP contribution in [0.5, 0.6) is 0 Å². The molecular weight excluding hydrogens is 338 g/mol. The Hall–Kier alpha value is -1.14. The van der Waals surface area contributed by atoms with E-state index in [1.54, 1.807) is 0 Å². The Morgan fingerprint density at radius 3 is 2.00 bits per heavy atom. The zero-order valence-electron chi connectivity index (χ0n) is 12.7. The monoisotopic (exact) mass is 355 g/mol. The van der Waals surface area contributed by atoms with Crippen LogP contribution in [0, 0.1) is 5.41 Å². The highest BCUT2D eigenvalue weighted by molar-refractivity contribution is 6.39. The average Bonchev–Trinajstić information content (AvgIpc) is 2.33. The number of hydrazine groups is 1. The summed E-state index contributed by atoms with van der Waals surface area (Å²) in [5, 5.41) is -0.255. The maximum absolute atomic E-state index is 12.7. The van der Waals surface area contributed by atoms with E-state index in [-0.39, 0.29) is 21.1 Å². The van der Waals surface area contributed by atoms with Gasteiger partial charge in [-0.25, -0.2) is 0 Å². The lowest BCUT2D eigenvalue weighted by atomic mass is 9.95. The van der Waals surface area contributed by atoms with Crippen LogP contribution in [0.15, 0.2) is 17.1 Å². The maximum Gasteiger partial charge on any atom is 0.416 e. The van der Waals surface area contributed by atoms with Crippen LogP contribution in [-0.2, 0) is 6.18 Å². The summed E-state index contributed by atoms with van der Waals surface area (Å²) in [6, 6.07) is 1.65. The molecular formula is C14H18Cl2F3N3. The Morgan fingerprint density at radius 1 is 1.14 bits per heavy atom. The van der Waals surface area contributed by atoms with Gasteiger partial charge in [-0.2, -0.15) is 13.2 Å². The SMILES string of the molecule is CCN=C(NNc1c(Cl)cc(C(F)(F)F)cc1Cl)C(C)(C)C. The van der Waals surface area contributed by atoms with Gasteiger partial charge < -0.3 is 0 Å². The van der Waals surface area contributed by atoms with Crippen LogP contribution >= 0.6 is 23.2 Å². The second kappa shape index (κ2) is 6.96. The van der Waals surface area contributed by atoms with E-state index in [1.165, 1.54) is 0 Å². The highest BCUT2D eigenvalue weighted by Gasteiger charge is 2.32. The molecule has 0 atom stereocenters. The maximum atomic E-state index is 12.7. The lowest BCUT2D eigenvalue weighted by Gasteiger charge is -2.24. The third kappa shape index (κ3) is 4.95. The van der Waals surface area contributed by atoms with Crippen LogP contribution in [-0.4, -0.2) is 12.4 Å². The third-order valence-corrected chi connectivity index (χ3v) is 3.30. The highest BCUT2D eigenvalue weighted by atomic mass is 35.5.